The van der Waals surface area contributed by atoms with Crippen LogP contribution in [0.5, 0.6) is 0 Å². The van der Waals surface area contributed by atoms with Gasteiger partial charge in [-0.2, -0.15) is 0 Å². The van der Waals surface area contributed by atoms with Crippen LogP contribution < -0.4 is 16.8 Å². The number of nitrogens with zero attached hydrogens (tertiary/aromatic N) is 2. The quantitative estimate of drug-likeness (QED) is 0.388. The number of ether oxygens (including phenoxy) is 1. The molecule has 2 aliphatic heterocycles. The summed E-state index contributed by atoms with van der Waals surface area (Å²) >= 11 is 0. The summed E-state index contributed by atoms with van der Waals surface area (Å²) in [4.78, 5) is 16.7. The average Bonchev–Trinajstić information content (AvgIpc) is 3.11. The number of rotatable bonds is 6. The van der Waals surface area contributed by atoms with E-state index in [1.807, 2.05) is 30.3 Å². The molecule has 0 radical (unpaired) electrons. The van der Waals surface area contributed by atoms with Crippen molar-refractivity contribution in [2.75, 3.05) is 6.54 Å². The van der Waals surface area contributed by atoms with E-state index in [1.165, 1.54) is 11.2 Å². The summed E-state index contributed by atoms with van der Waals surface area (Å²) in [6.45, 7) is 0.964. The number of aliphatic hydroxyl groups is 2. The molecule has 1 aromatic carbocycles. The number of hydrogen-bond donors (Lipinski definition) is 5. The molecule has 136 valence electrons. The maximum atomic E-state index is 11.3. The number of benzene rings is 1. The number of hydrogen-bond acceptors (Lipinski definition) is 8. The highest BCUT2D eigenvalue weighted by molar-refractivity contribution is 5.84. The van der Waals surface area contributed by atoms with Gasteiger partial charge in [-0.15, -0.1) is 0 Å². The molecule has 6 unspecified atom stereocenters. The van der Waals surface area contributed by atoms with Crippen LogP contribution in [0.15, 0.2) is 35.3 Å². The second-order valence-corrected chi connectivity index (χ2v) is 6.21. The average molecular weight is 349 g/mol. The van der Waals surface area contributed by atoms with Crippen molar-refractivity contribution < 1.29 is 19.7 Å². The van der Waals surface area contributed by atoms with Gasteiger partial charge < -0.3 is 36.6 Å². The van der Waals surface area contributed by atoms with Gasteiger partial charge in [0.15, 0.2) is 12.3 Å². The summed E-state index contributed by atoms with van der Waals surface area (Å²) in [7, 11) is 0. The Bertz CT molecular complexity index is 628. The smallest absolute Gasteiger partial charge is 0.245 e. The summed E-state index contributed by atoms with van der Waals surface area (Å²) in [5.74, 6) is -0.652. The van der Waals surface area contributed by atoms with Crippen molar-refractivity contribution in [1.29, 1.82) is 0 Å². The van der Waals surface area contributed by atoms with Gasteiger partial charge in [-0.1, -0.05) is 30.3 Å². The predicted molar refractivity (Wildman–Crippen MR) is 90.1 cm³/mol. The van der Waals surface area contributed by atoms with Crippen molar-refractivity contribution >= 4 is 12.2 Å². The number of nitrogens with one attached hydrogen (secondary N) is 1. The second-order valence-electron chi connectivity index (χ2n) is 6.21. The van der Waals surface area contributed by atoms with Crippen LogP contribution in [0.25, 0.3) is 0 Å². The second kappa shape index (κ2) is 7.46. The van der Waals surface area contributed by atoms with E-state index in [1.54, 1.807) is 0 Å². The van der Waals surface area contributed by atoms with Crippen molar-refractivity contribution in [3.63, 3.8) is 0 Å². The van der Waals surface area contributed by atoms with Gasteiger partial charge in [-0.3, -0.25) is 9.79 Å². The van der Waals surface area contributed by atoms with Crippen LogP contribution in [0.2, 0.25) is 0 Å². The first-order chi connectivity index (χ1) is 12.0. The lowest BCUT2D eigenvalue weighted by Gasteiger charge is -2.30. The molecule has 9 heteroatoms. The van der Waals surface area contributed by atoms with E-state index in [4.69, 9.17) is 16.2 Å². The van der Waals surface area contributed by atoms with Gasteiger partial charge in [0.1, 0.15) is 24.5 Å². The van der Waals surface area contributed by atoms with Gasteiger partial charge in [0.2, 0.25) is 5.91 Å². The fourth-order valence-electron chi connectivity index (χ4n) is 3.05. The molecule has 1 fully saturated rings. The molecule has 0 saturated carbocycles. The first kappa shape index (κ1) is 17.8. The van der Waals surface area contributed by atoms with E-state index in [9.17, 15) is 15.0 Å². The van der Waals surface area contributed by atoms with E-state index in [0.29, 0.717) is 13.1 Å². The molecule has 3 rings (SSSR count). The normalized spacial score (nSPS) is 34.6. The van der Waals surface area contributed by atoms with E-state index in [2.05, 4.69) is 10.3 Å². The minimum absolute atomic E-state index is 0.350. The van der Waals surface area contributed by atoms with Crippen LogP contribution in [0, 0.1) is 0 Å². The minimum atomic E-state index is -1.17. The monoisotopic (exact) mass is 349 g/mol. The van der Waals surface area contributed by atoms with Crippen molar-refractivity contribution in [1.82, 2.24) is 10.2 Å². The SMILES string of the molecule is NC(=O)C1N=CN(C2OC(CNCc3ccccc3)C(O)C2O)C1N. The van der Waals surface area contributed by atoms with Crippen molar-refractivity contribution in [2.24, 2.45) is 16.5 Å². The molecule has 2 heterocycles. The summed E-state index contributed by atoms with van der Waals surface area (Å²) < 4.78 is 5.75. The Morgan fingerprint density at radius 2 is 2.00 bits per heavy atom. The molecule has 6 atom stereocenters. The van der Waals surface area contributed by atoms with E-state index >= 15 is 0 Å². The number of amides is 1. The number of carbonyl (C=O) groups excluding carboxylic acids is 1. The number of carbonyl (C=O) groups is 1. The maximum Gasteiger partial charge on any atom is 0.245 e. The molecule has 0 bridgehead atoms. The summed E-state index contributed by atoms with van der Waals surface area (Å²) in [5.41, 5.74) is 12.3. The molecular weight excluding hydrogens is 326 g/mol. The third-order valence-corrected chi connectivity index (χ3v) is 4.47. The van der Waals surface area contributed by atoms with Gasteiger partial charge >= 0.3 is 0 Å². The van der Waals surface area contributed by atoms with Crippen LogP contribution in [-0.4, -0.2) is 70.7 Å². The lowest BCUT2D eigenvalue weighted by Crippen LogP contribution is -2.55. The highest BCUT2D eigenvalue weighted by Gasteiger charge is 2.48. The molecule has 1 amide bonds. The zero-order chi connectivity index (χ0) is 18.0. The molecule has 2 aliphatic rings. The zero-order valence-corrected chi connectivity index (χ0v) is 13.6. The van der Waals surface area contributed by atoms with Crippen LogP contribution in [-0.2, 0) is 16.1 Å². The van der Waals surface area contributed by atoms with Crippen molar-refractivity contribution in [3.05, 3.63) is 35.9 Å². The minimum Gasteiger partial charge on any atom is -0.387 e. The van der Waals surface area contributed by atoms with Crippen LogP contribution >= 0.6 is 0 Å². The lowest BCUT2D eigenvalue weighted by molar-refractivity contribution is -0.121. The first-order valence-corrected chi connectivity index (χ1v) is 8.11. The topological polar surface area (TPSA) is 146 Å². The molecule has 0 spiro atoms. The Morgan fingerprint density at radius 1 is 1.28 bits per heavy atom. The molecule has 0 aromatic heterocycles. The highest BCUT2D eigenvalue weighted by Crippen LogP contribution is 2.26. The Kier molecular flexibility index (Phi) is 5.30. The summed E-state index contributed by atoms with van der Waals surface area (Å²) in [6, 6.07) is 8.90. The molecule has 7 N–H and O–H groups in total. The lowest BCUT2D eigenvalue weighted by atomic mass is 10.1. The van der Waals surface area contributed by atoms with Crippen LogP contribution in [0.3, 0.4) is 0 Å². The fraction of sp³-hybridized carbons (Fsp3) is 0.500. The van der Waals surface area contributed by atoms with Crippen molar-refractivity contribution in [3.8, 4) is 0 Å². The number of aliphatic imine (C=N–C) groups is 1. The molecule has 0 aliphatic carbocycles. The number of nitrogens with two attached hydrogens (primary N) is 2. The van der Waals surface area contributed by atoms with E-state index in [0.717, 1.165) is 5.56 Å². The van der Waals surface area contributed by atoms with Gasteiger partial charge in [0, 0.05) is 13.1 Å². The van der Waals surface area contributed by atoms with E-state index < -0.39 is 42.7 Å². The van der Waals surface area contributed by atoms with Crippen LogP contribution in [0.1, 0.15) is 5.56 Å². The predicted octanol–water partition coefficient (Wildman–Crippen LogP) is -2.29. The summed E-state index contributed by atoms with van der Waals surface area (Å²) in [6.07, 6.45) is -3.26. The maximum absolute atomic E-state index is 11.3. The number of primary amides is 1. The van der Waals surface area contributed by atoms with Crippen molar-refractivity contribution in [2.45, 2.75) is 43.3 Å². The molecular formula is C16H23N5O4. The standard InChI is InChI=1S/C16H23N5O4/c17-14-11(15(18)24)20-8-21(14)16-13(23)12(22)10(25-16)7-19-6-9-4-2-1-3-5-9/h1-5,8,10-14,16,19,22-23H,6-7,17H2,(H2,18,24). The fourth-order valence-corrected chi connectivity index (χ4v) is 3.05. The molecule has 9 nitrogen and oxygen atoms in total. The molecule has 1 aromatic rings. The van der Waals surface area contributed by atoms with Gasteiger partial charge in [0.25, 0.3) is 0 Å². The Labute approximate surface area is 145 Å². The summed E-state index contributed by atoms with van der Waals surface area (Å²) in [5, 5.41) is 23.7. The van der Waals surface area contributed by atoms with Gasteiger partial charge in [-0.25, -0.2) is 0 Å². The zero-order valence-electron chi connectivity index (χ0n) is 13.6. The van der Waals surface area contributed by atoms with Gasteiger partial charge in [-0.05, 0) is 5.56 Å². The highest BCUT2D eigenvalue weighted by atomic mass is 16.6. The molecule has 25 heavy (non-hydrogen) atoms. The van der Waals surface area contributed by atoms with Gasteiger partial charge in [0.05, 0.1) is 6.34 Å². The molecule has 1 saturated heterocycles. The Hall–Kier alpha value is -2.04. The van der Waals surface area contributed by atoms with E-state index in [-0.39, 0.29) is 0 Å². The third kappa shape index (κ3) is 3.65. The Morgan fingerprint density at radius 3 is 2.64 bits per heavy atom. The van der Waals surface area contributed by atoms with Crippen LogP contribution in [0.4, 0.5) is 0 Å². The Balaban J connectivity index is 1.56. The first-order valence-electron chi connectivity index (χ1n) is 8.11. The third-order valence-electron chi connectivity index (χ3n) is 4.47. The number of aliphatic hydroxyl groups excluding tert-OH is 2. The largest absolute Gasteiger partial charge is 0.387 e.